The van der Waals surface area contributed by atoms with E-state index in [1.807, 2.05) is 24.3 Å². The van der Waals surface area contributed by atoms with Gasteiger partial charge in [0.25, 0.3) is 0 Å². The highest BCUT2D eigenvalue weighted by atomic mass is 16.5. The summed E-state index contributed by atoms with van der Waals surface area (Å²) in [6, 6.07) is 9.08. The number of ether oxygens (including phenoxy) is 2. The highest BCUT2D eigenvalue weighted by Crippen LogP contribution is 2.32. The van der Waals surface area contributed by atoms with Crippen LogP contribution in [0.1, 0.15) is 17.4 Å². The van der Waals surface area contributed by atoms with Crippen LogP contribution in [-0.2, 0) is 4.74 Å². The molecule has 2 aromatic heterocycles. The Morgan fingerprint density at radius 2 is 2.24 bits per heavy atom. The van der Waals surface area contributed by atoms with Gasteiger partial charge in [-0.15, -0.1) is 0 Å². The van der Waals surface area contributed by atoms with Crippen molar-refractivity contribution in [3.63, 3.8) is 0 Å². The van der Waals surface area contributed by atoms with Crippen LogP contribution >= 0.6 is 0 Å². The van der Waals surface area contributed by atoms with Crippen LogP contribution in [0.3, 0.4) is 0 Å². The third-order valence-corrected chi connectivity index (χ3v) is 3.05. The van der Waals surface area contributed by atoms with E-state index >= 15 is 0 Å². The first-order chi connectivity index (χ1) is 10.2. The van der Waals surface area contributed by atoms with Gasteiger partial charge in [0, 0.05) is 11.5 Å². The molecule has 2 heterocycles. The molecule has 0 saturated heterocycles. The monoisotopic (exact) mass is 286 g/mol. The van der Waals surface area contributed by atoms with Crippen molar-refractivity contribution >= 4 is 16.9 Å². The minimum atomic E-state index is -0.440. The standard InChI is InChI=1S/C15H14N2O4/c1-3-20-15(18)11-8-10(16-17-11)13-7-9-5-4-6-12(19-2)14(9)21-13/h4-8H,3H2,1-2H3,(H,16,17). The van der Waals surface area contributed by atoms with Gasteiger partial charge in [0.2, 0.25) is 0 Å². The number of esters is 1. The Hall–Kier alpha value is -2.76. The number of hydrogen-bond acceptors (Lipinski definition) is 5. The third kappa shape index (κ3) is 2.35. The van der Waals surface area contributed by atoms with E-state index in [1.54, 1.807) is 20.1 Å². The molecule has 3 rings (SSSR count). The molecule has 0 amide bonds. The van der Waals surface area contributed by atoms with Crippen molar-refractivity contribution in [2.24, 2.45) is 0 Å². The van der Waals surface area contributed by atoms with E-state index < -0.39 is 5.97 Å². The number of H-pyrrole nitrogens is 1. The van der Waals surface area contributed by atoms with Gasteiger partial charge in [0.1, 0.15) is 11.4 Å². The quantitative estimate of drug-likeness (QED) is 0.746. The second-order valence-electron chi connectivity index (χ2n) is 4.38. The van der Waals surface area contributed by atoms with Gasteiger partial charge in [-0.25, -0.2) is 4.79 Å². The minimum Gasteiger partial charge on any atom is -0.493 e. The molecule has 6 heteroatoms. The number of nitrogens with zero attached hydrogens (tertiary/aromatic N) is 1. The van der Waals surface area contributed by atoms with E-state index in [-0.39, 0.29) is 0 Å². The lowest BCUT2D eigenvalue weighted by Gasteiger charge is -1.98. The first kappa shape index (κ1) is 13.2. The van der Waals surface area contributed by atoms with Gasteiger partial charge in [0.05, 0.1) is 13.7 Å². The molecule has 0 atom stereocenters. The molecule has 0 aliphatic carbocycles. The summed E-state index contributed by atoms with van der Waals surface area (Å²) in [5.41, 5.74) is 1.48. The zero-order valence-corrected chi connectivity index (χ0v) is 11.7. The van der Waals surface area contributed by atoms with Gasteiger partial charge in [-0.3, -0.25) is 5.10 Å². The summed E-state index contributed by atoms with van der Waals surface area (Å²) >= 11 is 0. The predicted molar refractivity (Wildman–Crippen MR) is 76.3 cm³/mol. The molecule has 6 nitrogen and oxygen atoms in total. The molecule has 0 aliphatic heterocycles. The van der Waals surface area contributed by atoms with Gasteiger partial charge >= 0.3 is 5.97 Å². The third-order valence-electron chi connectivity index (χ3n) is 3.05. The van der Waals surface area contributed by atoms with Gasteiger partial charge in [0.15, 0.2) is 17.1 Å². The van der Waals surface area contributed by atoms with Gasteiger partial charge < -0.3 is 13.9 Å². The largest absolute Gasteiger partial charge is 0.493 e. The number of carbonyl (C=O) groups is 1. The molecule has 21 heavy (non-hydrogen) atoms. The molecule has 0 saturated carbocycles. The Morgan fingerprint density at radius 1 is 1.38 bits per heavy atom. The zero-order chi connectivity index (χ0) is 14.8. The lowest BCUT2D eigenvalue weighted by molar-refractivity contribution is 0.0519. The van der Waals surface area contributed by atoms with Crippen molar-refractivity contribution in [1.29, 1.82) is 0 Å². The van der Waals surface area contributed by atoms with Crippen molar-refractivity contribution < 1.29 is 18.7 Å². The second-order valence-corrected chi connectivity index (χ2v) is 4.38. The van der Waals surface area contributed by atoms with Crippen LogP contribution in [0.5, 0.6) is 5.75 Å². The lowest BCUT2D eigenvalue weighted by Crippen LogP contribution is -2.04. The molecular formula is C15H14N2O4. The number of carbonyl (C=O) groups excluding carboxylic acids is 1. The number of rotatable bonds is 4. The van der Waals surface area contributed by atoms with E-state index in [0.717, 1.165) is 5.39 Å². The average Bonchev–Trinajstić information content (AvgIpc) is 3.13. The number of benzene rings is 1. The van der Waals surface area contributed by atoms with Gasteiger partial charge in [-0.2, -0.15) is 5.10 Å². The average molecular weight is 286 g/mol. The smallest absolute Gasteiger partial charge is 0.356 e. The first-order valence-corrected chi connectivity index (χ1v) is 6.52. The number of fused-ring (bicyclic) bond motifs is 1. The molecule has 0 radical (unpaired) electrons. The van der Waals surface area contributed by atoms with Crippen LogP contribution in [0.15, 0.2) is 34.7 Å². The zero-order valence-electron chi connectivity index (χ0n) is 11.7. The summed E-state index contributed by atoms with van der Waals surface area (Å²) in [5, 5.41) is 7.63. The minimum absolute atomic E-state index is 0.291. The molecule has 0 bridgehead atoms. The molecule has 1 N–H and O–H groups in total. The first-order valence-electron chi connectivity index (χ1n) is 6.52. The van der Waals surface area contributed by atoms with Crippen molar-refractivity contribution in [1.82, 2.24) is 10.2 Å². The van der Waals surface area contributed by atoms with E-state index in [9.17, 15) is 4.79 Å². The maximum Gasteiger partial charge on any atom is 0.356 e. The number of furan rings is 1. The number of nitrogens with one attached hydrogen (secondary N) is 1. The summed E-state index contributed by atoms with van der Waals surface area (Å²) in [6.07, 6.45) is 0. The van der Waals surface area contributed by atoms with E-state index in [2.05, 4.69) is 10.2 Å². The van der Waals surface area contributed by atoms with Crippen LogP contribution in [0.25, 0.3) is 22.4 Å². The summed E-state index contributed by atoms with van der Waals surface area (Å²) in [6.45, 7) is 2.07. The topological polar surface area (TPSA) is 77.3 Å². The van der Waals surface area contributed by atoms with Crippen molar-refractivity contribution in [2.45, 2.75) is 6.92 Å². The summed E-state index contributed by atoms with van der Waals surface area (Å²) in [4.78, 5) is 11.6. The number of para-hydroxylation sites is 1. The highest BCUT2D eigenvalue weighted by Gasteiger charge is 2.15. The SMILES string of the molecule is CCOC(=O)c1cc(-c2cc3cccc(OC)c3o2)n[nH]1. The normalized spacial score (nSPS) is 10.8. The highest BCUT2D eigenvalue weighted by molar-refractivity contribution is 5.90. The van der Waals surface area contributed by atoms with Gasteiger partial charge in [-0.1, -0.05) is 12.1 Å². The second kappa shape index (κ2) is 5.32. The summed E-state index contributed by atoms with van der Waals surface area (Å²) < 4.78 is 15.9. The van der Waals surface area contributed by atoms with Crippen LogP contribution in [0.2, 0.25) is 0 Å². The summed E-state index contributed by atoms with van der Waals surface area (Å²) in [7, 11) is 1.59. The van der Waals surface area contributed by atoms with E-state index in [0.29, 0.717) is 35.1 Å². The number of hydrogen-bond donors (Lipinski definition) is 1. The molecule has 108 valence electrons. The van der Waals surface area contributed by atoms with Crippen molar-refractivity contribution in [2.75, 3.05) is 13.7 Å². The Balaban J connectivity index is 1.99. The molecule has 0 aliphatic rings. The van der Waals surface area contributed by atoms with Crippen molar-refractivity contribution in [3.05, 3.63) is 36.0 Å². The molecule has 0 fully saturated rings. The van der Waals surface area contributed by atoms with E-state index in [1.165, 1.54) is 0 Å². The molecular weight excluding hydrogens is 272 g/mol. The molecule has 1 aromatic carbocycles. The van der Waals surface area contributed by atoms with Crippen LogP contribution < -0.4 is 4.74 Å². The fraction of sp³-hybridized carbons (Fsp3) is 0.200. The maximum atomic E-state index is 11.6. The van der Waals surface area contributed by atoms with Crippen molar-refractivity contribution in [3.8, 4) is 17.2 Å². The van der Waals surface area contributed by atoms with Gasteiger partial charge in [-0.05, 0) is 19.1 Å². The number of methoxy groups -OCH3 is 1. The fourth-order valence-electron chi connectivity index (χ4n) is 2.08. The summed E-state index contributed by atoms with van der Waals surface area (Å²) in [5.74, 6) is 0.770. The maximum absolute atomic E-state index is 11.6. The lowest BCUT2D eigenvalue weighted by atomic mass is 10.2. The Labute approximate surface area is 120 Å². The predicted octanol–water partition coefficient (Wildman–Crippen LogP) is 3.01. The Kier molecular flexibility index (Phi) is 3.35. The number of aromatic nitrogens is 2. The Morgan fingerprint density at radius 3 is 3.00 bits per heavy atom. The molecule has 0 spiro atoms. The van der Waals surface area contributed by atoms with Crippen LogP contribution in [0, 0.1) is 0 Å². The molecule has 0 unspecified atom stereocenters. The Bertz CT molecular complexity index is 788. The fourth-order valence-corrected chi connectivity index (χ4v) is 2.08. The molecule has 3 aromatic rings. The van der Waals surface area contributed by atoms with E-state index in [4.69, 9.17) is 13.9 Å². The van der Waals surface area contributed by atoms with Crippen LogP contribution in [0.4, 0.5) is 0 Å². The van der Waals surface area contributed by atoms with Crippen LogP contribution in [-0.4, -0.2) is 29.9 Å². The number of aromatic amines is 1.